The number of H-pyrrole nitrogens is 1. The number of nitrogens with zero attached hydrogens (tertiary/aromatic N) is 1. The molecule has 1 saturated heterocycles. The van der Waals surface area contributed by atoms with Gasteiger partial charge in [-0.3, -0.25) is 4.79 Å². The molecule has 2 unspecified atom stereocenters. The van der Waals surface area contributed by atoms with Crippen molar-refractivity contribution in [3.05, 3.63) is 99.7 Å². The molecule has 0 saturated carbocycles. The first-order valence-corrected chi connectivity index (χ1v) is 12.9. The van der Waals surface area contributed by atoms with Crippen molar-refractivity contribution >= 4 is 40.0 Å². The Bertz CT molecular complexity index is 1340. The van der Waals surface area contributed by atoms with E-state index in [4.69, 9.17) is 27.9 Å². The first kappa shape index (κ1) is 24.7. The third kappa shape index (κ3) is 5.54. The van der Waals surface area contributed by atoms with Crippen molar-refractivity contribution in [2.24, 2.45) is 0 Å². The van der Waals surface area contributed by atoms with Crippen LogP contribution < -0.4 is 10.1 Å². The van der Waals surface area contributed by atoms with E-state index in [-0.39, 0.29) is 11.9 Å². The Hall–Kier alpha value is -2.99. The molecule has 0 spiro atoms. The van der Waals surface area contributed by atoms with Crippen LogP contribution in [0.2, 0.25) is 10.0 Å². The standard InChI is InChI=1S/C29H29Cl2N3O2/c1-36-26-7-8-28-27(16-26)21(18-33-28)17-32-24-9-10-34(25(15-24)11-19-5-3-2-4-6-19)29(35)20-12-22(30)14-23(31)13-20/h2-8,12-14,16,18,24-25,32-33H,9-11,15,17H2,1H3. The van der Waals surface area contributed by atoms with Crippen molar-refractivity contribution in [2.45, 2.75) is 37.9 Å². The maximum Gasteiger partial charge on any atom is 0.254 e. The third-order valence-electron chi connectivity index (χ3n) is 6.96. The van der Waals surface area contributed by atoms with E-state index in [0.717, 1.165) is 42.5 Å². The smallest absolute Gasteiger partial charge is 0.254 e. The number of fused-ring (bicyclic) bond motifs is 1. The van der Waals surface area contributed by atoms with E-state index < -0.39 is 0 Å². The average molecular weight is 522 g/mol. The Kier molecular flexibility index (Phi) is 7.51. The van der Waals surface area contributed by atoms with Gasteiger partial charge in [0, 0.05) is 57.9 Å². The Morgan fingerprint density at radius 2 is 1.86 bits per heavy atom. The second kappa shape index (κ2) is 11.0. The number of benzene rings is 3. The normalized spacial score (nSPS) is 17.9. The van der Waals surface area contributed by atoms with Gasteiger partial charge in [-0.15, -0.1) is 0 Å². The lowest BCUT2D eigenvalue weighted by Gasteiger charge is -2.40. The number of carbonyl (C=O) groups is 1. The highest BCUT2D eigenvalue weighted by Crippen LogP contribution is 2.28. The molecule has 2 heterocycles. The predicted octanol–water partition coefficient (Wildman–Crippen LogP) is 6.49. The van der Waals surface area contributed by atoms with Crippen LogP contribution in [0, 0.1) is 0 Å². The zero-order valence-electron chi connectivity index (χ0n) is 20.1. The van der Waals surface area contributed by atoms with Crippen molar-refractivity contribution < 1.29 is 9.53 Å². The van der Waals surface area contributed by atoms with Gasteiger partial charge in [-0.25, -0.2) is 0 Å². The summed E-state index contributed by atoms with van der Waals surface area (Å²) in [6.45, 7) is 1.41. The summed E-state index contributed by atoms with van der Waals surface area (Å²) >= 11 is 12.4. The van der Waals surface area contributed by atoms with Crippen LogP contribution in [0.4, 0.5) is 0 Å². The number of nitrogens with one attached hydrogen (secondary N) is 2. The zero-order valence-corrected chi connectivity index (χ0v) is 21.6. The molecular formula is C29H29Cl2N3O2. The molecular weight excluding hydrogens is 493 g/mol. The number of amides is 1. The van der Waals surface area contributed by atoms with Gasteiger partial charge in [0.05, 0.1) is 7.11 Å². The van der Waals surface area contributed by atoms with E-state index in [1.165, 1.54) is 11.1 Å². The molecule has 4 aromatic rings. The monoisotopic (exact) mass is 521 g/mol. The van der Waals surface area contributed by atoms with Crippen LogP contribution in [0.5, 0.6) is 5.75 Å². The molecule has 5 rings (SSSR count). The van der Waals surface area contributed by atoms with Crippen LogP contribution in [0.25, 0.3) is 10.9 Å². The number of ether oxygens (including phenoxy) is 1. The first-order valence-electron chi connectivity index (χ1n) is 12.2. The highest BCUT2D eigenvalue weighted by atomic mass is 35.5. The number of rotatable bonds is 7. The molecule has 2 atom stereocenters. The second-order valence-corrected chi connectivity index (χ2v) is 10.2. The van der Waals surface area contributed by atoms with Gasteiger partial charge in [0.2, 0.25) is 0 Å². The number of aromatic amines is 1. The number of piperidine rings is 1. The van der Waals surface area contributed by atoms with Crippen LogP contribution >= 0.6 is 23.2 Å². The first-order chi connectivity index (χ1) is 17.5. The number of hydrogen-bond donors (Lipinski definition) is 2. The fraction of sp³-hybridized carbons (Fsp3) is 0.276. The number of likely N-dealkylation sites (tertiary alicyclic amines) is 1. The fourth-order valence-electron chi connectivity index (χ4n) is 5.11. The van der Waals surface area contributed by atoms with Crippen molar-refractivity contribution in [1.29, 1.82) is 0 Å². The minimum Gasteiger partial charge on any atom is -0.497 e. The molecule has 186 valence electrons. The van der Waals surface area contributed by atoms with Gasteiger partial charge in [-0.2, -0.15) is 0 Å². The summed E-state index contributed by atoms with van der Waals surface area (Å²) in [6.07, 6.45) is 4.58. The molecule has 1 fully saturated rings. The lowest BCUT2D eigenvalue weighted by molar-refractivity contribution is 0.0576. The zero-order chi connectivity index (χ0) is 25.1. The van der Waals surface area contributed by atoms with E-state index in [1.54, 1.807) is 25.3 Å². The van der Waals surface area contributed by atoms with Gasteiger partial charge in [0.15, 0.2) is 0 Å². The van der Waals surface area contributed by atoms with Gasteiger partial charge < -0.3 is 19.9 Å². The maximum absolute atomic E-state index is 13.5. The van der Waals surface area contributed by atoms with Crippen molar-refractivity contribution in [3.8, 4) is 5.75 Å². The molecule has 7 heteroatoms. The highest BCUT2D eigenvalue weighted by Gasteiger charge is 2.32. The highest BCUT2D eigenvalue weighted by molar-refractivity contribution is 6.35. The predicted molar refractivity (Wildman–Crippen MR) is 146 cm³/mol. The molecule has 1 aliphatic rings. The largest absolute Gasteiger partial charge is 0.497 e. The summed E-state index contributed by atoms with van der Waals surface area (Å²) < 4.78 is 5.41. The number of hydrogen-bond acceptors (Lipinski definition) is 3. The molecule has 5 nitrogen and oxygen atoms in total. The fourth-order valence-corrected chi connectivity index (χ4v) is 5.64. The summed E-state index contributed by atoms with van der Waals surface area (Å²) in [5, 5.41) is 5.85. The maximum atomic E-state index is 13.5. The van der Waals surface area contributed by atoms with Gasteiger partial charge in [0.25, 0.3) is 5.91 Å². The van der Waals surface area contributed by atoms with Gasteiger partial charge in [-0.1, -0.05) is 53.5 Å². The van der Waals surface area contributed by atoms with Gasteiger partial charge >= 0.3 is 0 Å². The van der Waals surface area contributed by atoms with Crippen LogP contribution in [-0.2, 0) is 13.0 Å². The van der Waals surface area contributed by atoms with E-state index in [2.05, 4.69) is 34.7 Å². The summed E-state index contributed by atoms with van der Waals surface area (Å²) in [5.41, 5.74) is 4.05. The molecule has 1 aromatic heterocycles. The Labute approximate surface area is 221 Å². The van der Waals surface area contributed by atoms with E-state index >= 15 is 0 Å². The summed E-state index contributed by atoms with van der Waals surface area (Å²) in [6, 6.07) is 21.8. The summed E-state index contributed by atoms with van der Waals surface area (Å²) in [5.74, 6) is 0.821. The lowest BCUT2D eigenvalue weighted by atomic mass is 9.91. The Morgan fingerprint density at radius 1 is 1.08 bits per heavy atom. The van der Waals surface area contributed by atoms with Crippen LogP contribution in [0.1, 0.15) is 34.3 Å². The van der Waals surface area contributed by atoms with Gasteiger partial charge in [0.1, 0.15) is 5.75 Å². The van der Waals surface area contributed by atoms with Crippen molar-refractivity contribution in [1.82, 2.24) is 15.2 Å². The molecule has 36 heavy (non-hydrogen) atoms. The van der Waals surface area contributed by atoms with E-state index in [0.29, 0.717) is 28.2 Å². The third-order valence-corrected chi connectivity index (χ3v) is 7.39. The van der Waals surface area contributed by atoms with Crippen molar-refractivity contribution in [3.63, 3.8) is 0 Å². The molecule has 1 aliphatic heterocycles. The molecule has 3 aromatic carbocycles. The molecule has 0 radical (unpaired) electrons. The average Bonchev–Trinajstić information content (AvgIpc) is 3.29. The van der Waals surface area contributed by atoms with Crippen molar-refractivity contribution in [2.75, 3.05) is 13.7 Å². The Morgan fingerprint density at radius 3 is 2.61 bits per heavy atom. The number of halogens is 2. The molecule has 0 aliphatic carbocycles. The second-order valence-electron chi connectivity index (χ2n) is 9.33. The van der Waals surface area contributed by atoms with Crippen LogP contribution in [0.15, 0.2) is 72.9 Å². The number of aromatic nitrogens is 1. The quantitative estimate of drug-likeness (QED) is 0.292. The van der Waals surface area contributed by atoms with E-state index in [9.17, 15) is 4.79 Å². The minimum atomic E-state index is -0.0255. The van der Waals surface area contributed by atoms with Crippen LogP contribution in [-0.4, -0.2) is 41.5 Å². The molecule has 0 bridgehead atoms. The Balaban J connectivity index is 1.33. The molecule has 1 amide bonds. The number of methoxy groups -OCH3 is 1. The van der Waals surface area contributed by atoms with Gasteiger partial charge in [-0.05, 0) is 66.8 Å². The van der Waals surface area contributed by atoms with Crippen LogP contribution in [0.3, 0.4) is 0 Å². The van der Waals surface area contributed by atoms with E-state index in [1.807, 2.05) is 35.2 Å². The minimum absolute atomic E-state index is 0.0255. The summed E-state index contributed by atoms with van der Waals surface area (Å²) in [4.78, 5) is 18.9. The molecule has 2 N–H and O–H groups in total. The summed E-state index contributed by atoms with van der Waals surface area (Å²) in [7, 11) is 1.69. The number of carbonyl (C=O) groups excluding carboxylic acids is 1. The lowest BCUT2D eigenvalue weighted by Crippen LogP contribution is -2.51. The topological polar surface area (TPSA) is 57.4 Å². The SMILES string of the molecule is COc1ccc2[nH]cc(CNC3CCN(C(=O)c4cc(Cl)cc(Cl)c4)C(Cc4ccccc4)C3)c2c1.